The number of nitrogens with one attached hydrogen (secondary N) is 1. The maximum atomic E-state index is 11.2. The first-order valence-electron chi connectivity index (χ1n) is 4.09. The number of hydrogen-bond acceptors (Lipinski definition) is 4. The molecule has 0 atom stereocenters. The topological polar surface area (TPSA) is 76.2 Å². The average Bonchev–Trinajstić information content (AvgIpc) is 2.17. The minimum Gasteiger partial charge on any atom is -0.465 e. The van der Waals surface area contributed by atoms with Gasteiger partial charge in [0.15, 0.2) is 0 Å². The molecule has 0 saturated heterocycles. The molecule has 3 N–H and O–H groups in total. The highest BCUT2D eigenvalue weighted by Crippen LogP contribution is 2.15. The lowest BCUT2D eigenvalue weighted by Crippen LogP contribution is -2.06. The summed E-state index contributed by atoms with van der Waals surface area (Å²) in [5.41, 5.74) is 7.43. The van der Waals surface area contributed by atoms with E-state index >= 15 is 0 Å². The maximum Gasteiger partial charge on any atom is 0.337 e. The minimum atomic E-state index is -0.424. The Kier molecular flexibility index (Phi) is 2.86. The van der Waals surface area contributed by atoms with Crippen molar-refractivity contribution < 1.29 is 9.53 Å². The fourth-order valence-corrected chi connectivity index (χ4v) is 1.13. The van der Waals surface area contributed by atoms with Gasteiger partial charge in [0.25, 0.3) is 0 Å². The first-order chi connectivity index (χ1) is 6.56. The number of methoxy groups -OCH3 is 1. The summed E-state index contributed by atoms with van der Waals surface area (Å²) in [5, 5.41) is 7.44. The molecule has 0 unspecified atom stereocenters. The van der Waals surface area contributed by atoms with Crippen LogP contribution in [-0.4, -0.2) is 18.8 Å². The molecule has 1 rings (SSSR count). The molecule has 74 valence electrons. The molecule has 14 heavy (non-hydrogen) atoms. The van der Waals surface area contributed by atoms with Gasteiger partial charge < -0.3 is 15.9 Å². The van der Waals surface area contributed by atoms with Gasteiger partial charge in [-0.1, -0.05) is 0 Å². The zero-order chi connectivity index (χ0) is 10.7. The van der Waals surface area contributed by atoms with Crippen LogP contribution in [0.1, 0.15) is 22.8 Å². The van der Waals surface area contributed by atoms with Gasteiger partial charge in [-0.2, -0.15) is 0 Å². The number of nitrogens with two attached hydrogens (primary N) is 1. The van der Waals surface area contributed by atoms with E-state index in [0.29, 0.717) is 22.5 Å². The molecule has 0 aliphatic rings. The summed E-state index contributed by atoms with van der Waals surface area (Å²) < 4.78 is 4.56. The number of carbonyl (C=O) groups excluding carboxylic acids is 1. The van der Waals surface area contributed by atoms with Crippen molar-refractivity contribution in [3.8, 4) is 0 Å². The van der Waals surface area contributed by atoms with Crippen LogP contribution in [0.25, 0.3) is 0 Å². The number of esters is 1. The normalized spacial score (nSPS) is 9.57. The van der Waals surface area contributed by atoms with Gasteiger partial charge in [0.05, 0.1) is 12.7 Å². The number of anilines is 1. The van der Waals surface area contributed by atoms with Crippen molar-refractivity contribution in [3.63, 3.8) is 0 Å². The van der Waals surface area contributed by atoms with E-state index in [1.165, 1.54) is 7.11 Å². The van der Waals surface area contributed by atoms with Crippen LogP contribution in [-0.2, 0) is 4.74 Å². The Morgan fingerprint density at radius 3 is 2.64 bits per heavy atom. The van der Waals surface area contributed by atoms with E-state index in [9.17, 15) is 4.79 Å². The SMILES string of the molecule is COC(=O)c1ccc(N)c(C(C)=N)c1. The van der Waals surface area contributed by atoms with E-state index in [0.717, 1.165) is 0 Å². The van der Waals surface area contributed by atoms with Gasteiger partial charge in [-0.05, 0) is 25.1 Å². The molecule has 0 heterocycles. The third kappa shape index (κ3) is 1.90. The molecule has 0 fully saturated rings. The van der Waals surface area contributed by atoms with E-state index in [2.05, 4.69) is 4.74 Å². The van der Waals surface area contributed by atoms with Crippen molar-refractivity contribution >= 4 is 17.4 Å². The quantitative estimate of drug-likeness (QED) is 0.423. The monoisotopic (exact) mass is 192 g/mol. The minimum absolute atomic E-state index is 0.327. The Labute approximate surface area is 82.2 Å². The lowest BCUT2D eigenvalue weighted by Gasteiger charge is -2.05. The number of carbonyl (C=O) groups is 1. The zero-order valence-electron chi connectivity index (χ0n) is 8.13. The predicted molar refractivity (Wildman–Crippen MR) is 54.7 cm³/mol. The predicted octanol–water partition coefficient (Wildman–Crippen LogP) is 1.44. The summed E-state index contributed by atoms with van der Waals surface area (Å²) in [6, 6.07) is 4.73. The van der Waals surface area contributed by atoms with E-state index in [-0.39, 0.29) is 0 Å². The van der Waals surface area contributed by atoms with Crippen LogP contribution in [0.4, 0.5) is 5.69 Å². The summed E-state index contributed by atoms with van der Waals surface area (Å²) in [6.45, 7) is 1.62. The summed E-state index contributed by atoms with van der Waals surface area (Å²) in [7, 11) is 1.32. The Morgan fingerprint density at radius 2 is 2.14 bits per heavy atom. The highest BCUT2D eigenvalue weighted by Gasteiger charge is 2.09. The fraction of sp³-hybridized carbons (Fsp3) is 0.200. The first kappa shape index (κ1) is 10.2. The third-order valence-electron chi connectivity index (χ3n) is 1.88. The lowest BCUT2D eigenvalue weighted by molar-refractivity contribution is 0.0601. The molecule has 0 aliphatic carbocycles. The van der Waals surface area contributed by atoms with Crippen LogP contribution in [0.2, 0.25) is 0 Å². The second kappa shape index (κ2) is 3.91. The van der Waals surface area contributed by atoms with Gasteiger partial charge in [0.2, 0.25) is 0 Å². The smallest absolute Gasteiger partial charge is 0.337 e. The molecule has 0 bridgehead atoms. The average molecular weight is 192 g/mol. The van der Waals surface area contributed by atoms with E-state index in [4.69, 9.17) is 11.1 Å². The highest BCUT2D eigenvalue weighted by molar-refractivity contribution is 6.03. The molecule has 4 nitrogen and oxygen atoms in total. The van der Waals surface area contributed by atoms with Gasteiger partial charge in [-0.3, -0.25) is 0 Å². The van der Waals surface area contributed by atoms with Gasteiger partial charge >= 0.3 is 5.97 Å². The molecule has 0 saturated carbocycles. The van der Waals surface area contributed by atoms with Crippen LogP contribution in [0, 0.1) is 5.41 Å². The summed E-state index contributed by atoms with van der Waals surface area (Å²) in [5.74, 6) is -0.424. The van der Waals surface area contributed by atoms with Crippen LogP contribution in [0.5, 0.6) is 0 Å². The van der Waals surface area contributed by atoms with Crippen molar-refractivity contribution in [1.29, 1.82) is 5.41 Å². The molecule has 0 radical (unpaired) electrons. The second-order valence-corrected chi connectivity index (χ2v) is 2.92. The van der Waals surface area contributed by atoms with Crippen molar-refractivity contribution in [2.75, 3.05) is 12.8 Å². The number of rotatable bonds is 2. The van der Waals surface area contributed by atoms with Crippen molar-refractivity contribution in [3.05, 3.63) is 29.3 Å². The van der Waals surface area contributed by atoms with Crippen LogP contribution in [0.15, 0.2) is 18.2 Å². The number of hydrogen-bond donors (Lipinski definition) is 2. The molecule has 0 spiro atoms. The van der Waals surface area contributed by atoms with E-state index in [1.54, 1.807) is 25.1 Å². The molecule has 0 aliphatic heterocycles. The summed E-state index contributed by atoms with van der Waals surface area (Å²) in [4.78, 5) is 11.2. The van der Waals surface area contributed by atoms with Gasteiger partial charge in [0.1, 0.15) is 0 Å². The van der Waals surface area contributed by atoms with Crippen LogP contribution < -0.4 is 5.73 Å². The molecular weight excluding hydrogens is 180 g/mol. The largest absolute Gasteiger partial charge is 0.465 e. The van der Waals surface area contributed by atoms with Crippen molar-refractivity contribution in [2.24, 2.45) is 0 Å². The number of nitrogen functional groups attached to an aromatic ring is 1. The maximum absolute atomic E-state index is 11.2. The standard InChI is InChI=1S/C10H12N2O2/c1-6(11)8-5-7(10(13)14-2)3-4-9(8)12/h3-5,11H,12H2,1-2H3. The van der Waals surface area contributed by atoms with E-state index < -0.39 is 5.97 Å². The number of ether oxygens (including phenoxy) is 1. The van der Waals surface area contributed by atoms with E-state index in [1.807, 2.05) is 0 Å². The molecule has 0 amide bonds. The number of benzene rings is 1. The van der Waals surface area contributed by atoms with Crippen molar-refractivity contribution in [2.45, 2.75) is 6.92 Å². The Morgan fingerprint density at radius 1 is 1.50 bits per heavy atom. The van der Waals surface area contributed by atoms with Crippen molar-refractivity contribution in [1.82, 2.24) is 0 Å². The highest BCUT2D eigenvalue weighted by atomic mass is 16.5. The Hall–Kier alpha value is -1.84. The Balaban J connectivity index is 3.19. The summed E-state index contributed by atoms with van der Waals surface area (Å²) >= 11 is 0. The molecular formula is C10H12N2O2. The van der Waals surface area contributed by atoms with Crippen LogP contribution >= 0.6 is 0 Å². The lowest BCUT2D eigenvalue weighted by atomic mass is 10.1. The molecule has 4 heteroatoms. The van der Waals surface area contributed by atoms with Gasteiger partial charge in [-0.25, -0.2) is 4.79 Å². The molecule has 0 aromatic heterocycles. The molecule has 1 aromatic carbocycles. The van der Waals surface area contributed by atoms with Gasteiger partial charge in [0, 0.05) is 17.0 Å². The zero-order valence-corrected chi connectivity index (χ0v) is 8.13. The fourth-order valence-electron chi connectivity index (χ4n) is 1.13. The third-order valence-corrected chi connectivity index (χ3v) is 1.88. The molecule has 1 aromatic rings. The van der Waals surface area contributed by atoms with Crippen LogP contribution in [0.3, 0.4) is 0 Å². The summed E-state index contributed by atoms with van der Waals surface area (Å²) in [6.07, 6.45) is 0. The Bertz CT molecular complexity index is 386. The second-order valence-electron chi connectivity index (χ2n) is 2.92. The van der Waals surface area contributed by atoms with Gasteiger partial charge in [-0.15, -0.1) is 0 Å². The first-order valence-corrected chi connectivity index (χ1v) is 4.09.